The molecule has 0 saturated heterocycles. The van der Waals surface area contributed by atoms with Gasteiger partial charge in [0.1, 0.15) is 5.02 Å². The van der Waals surface area contributed by atoms with Gasteiger partial charge in [-0.2, -0.15) is 4.98 Å². The third-order valence-corrected chi connectivity index (χ3v) is 3.34. The van der Waals surface area contributed by atoms with Gasteiger partial charge in [-0.25, -0.2) is 4.98 Å². The number of anilines is 1. The van der Waals surface area contributed by atoms with Gasteiger partial charge < -0.3 is 10.1 Å². The van der Waals surface area contributed by atoms with E-state index in [-0.39, 0.29) is 0 Å². The number of nitrogens with zero attached hydrogens (tertiary/aromatic N) is 3. The third-order valence-electron chi connectivity index (χ3n) is 3.07. The van der Waals surface area contributed by atoms with Gasteiger partial charge >= 0.3 is 6.01 Å². The number of nitrogens with one attached hydrogen (secondary N) is 1. The summed E-state index contributed by atoms with van der Waals surface area (Å²) in [5.74, 6) is 0.635. The first-order chi connectivity index (χ1) is 8.74. The summed E-state index contributed by atoms with van der Waals surface area (Å²) in [5, 5.41) is 3.75. The van der Waals surface area contributed by atoms with Crippen molar-refractivity contribution in [2.75, 3.05) is 32.1 Å². The third kappa shape index (κ3) is 3.46. The maximum Gasteiger partial charge on any atom is 0.318 e. The van der Waals surface area contributed by atoms with Gasteiger partial charge in [-0.3, -0.25) is 4.90 Å². The Labute approximate surface area is 113 Å². The topological polar surface area (TPSA) is 50.3 Å². The Kier molecular flexibility index (Phi) is 4.60. The molecule has 0 aromatic carbocycles. The molecule has 0 radical (unpaired) electrons. The number of rotatable bonds is 7. The molecular formula is C12H19ClN4O. The molecule has 0 spiro atoms. The molecule has 0 aliphatic heterocycles. The lowest BCUT2D eigenvalue weighted by molar-refractivity contribution is 0.289. The summed E-state index contributed by atoms with van der Waals surface area (Å²) in [6, 6.07) is 1.11. The van der Waals surface area contributed by atoms with E-state index in [1.165, 1.54) is 12.8 Å². The highest BCUT2D eigenvalue weighted by Crippen LogP contribution is 2.26. The quantitative estimate of drug-likeness (QED) is 0.822. The molecule has 1 aromatic heterocycles. The van der Waals surface area contributed by atoms with E-state index in [4.69, 9.17) is 16.3 Å². The van der Waals surface area contributed by atoms with Gasteiger partial charge in [0.05, 0.1) is 13.3 Å². The van der Waals surface area contributed by atoms with E-state index in [1.54, 1.807) is 13.3 Å². The minimum Gasteiger partial charge on any atom is -0.467 e. The Morgan fingerprint density at radius 3 is 2.94 bits per heavy atom. The highest BCUT2D eigenvalue weighted by Gasteiger charge is 2.27. The minimum atomic E-state index is 0.330. The smallest absolute Gasteiger partial charge is 0.318 e. The van der Waals surface area contributed by atoms with Crippen molar-refractivity contribution in [1.29, 1.82) is 0 Å². The molecule has 1 aliphatic rings. The van der Waals surface area contributed by atoms with Gasteiger partial charge in [0.15, 0.2) is 5.82 Å². The number of ether oxygens (including phenoxy) is 1. The van der Waals surface area contributed by atoms with Crippen molar-refractivity contribution < 1.29 is 4.74 Å². The molecule has 1 aromatic rings. The van der Waals surface area contributed by atoms with Crippen LogP contribution in [0.4, 0.5) is 5.82 Å². The maximum absolute atomic E-state index is 6.02. The van der Waals surface area contributed by atoms with Crippen LogP contribution in [0.2, 0.25) is 5.02 Å². The van der Waals surface area contributed by atoms with Gasteiger partial charge in [-0.05, 0) is 19.4 Å². The summed E-state index contributed by atoms with van der Waals surface area (Å²) < 4.78 is 4.98. The van der Waals surface area contributed by atoms with Crippen LogP contribution < -0.4 is 10.1 Å². The fourth-order valence-corrected chi connectivity index (χ4v) is 2.09. The average molecular weight is 271 g/mol. The Balaban J connectivity index is 1.85. The van der Waals surface area contributed by atoms with Crippen LogP contribution in [0.1, 0.15) is 19.8 Å². The van der Waals surface area contributed by atoms with Crippen LogP contribution in [-0.4, -0.2) is 47.7 Å². The largest absolute Gasteiger partial charge is 0.467 e. The highest BCUT2D eigenvalue weighted by atomic mass is 35.5. The van der Waals surface area contributed by atoms with Gasteiger partial charge in [0, 0.05) is 19.1 Å². The molecule has 6 heteroatoms. The Morgan fingerprint density at radius 2 is 2.33 bits per heavy atom. The molecule has 0 amide bonds. The normalized spacial score (nSPS) is 14.9. The summed E-state index contributed by atoms with van der Waals surface area (Å²) in [6.45, 7) is 5.11. The van der Waals surface area contributed by atoms with Crippen molar-refractivity contribution in [3.05, 3.63) is 11.2 Å². The Hall–Kier alpha value is -1.07. The van der Waals surface area contributed by atoms with Crippen LogP contribution in [0.15, 0.2) is 6.20 Å². The SMILES string of the molecule is CCN(CCNc1nc(OC)ncc1Cl)C1CC1. The number of halogens is 1. The second kappa shape index (κ2) is 6.20. The first-order valence-electron chi connectivity index (χ1n) is 6.29. The first kappa shape index (κ1) is 13.4. The molecule has 100 valence electrons. The summed E-state index contributed by atoms with van der Waals surface area (Å²) in [6.07, 6.45) is 4.21. The molecule has 0 unspecified atom stereocenters. The van der Waals surface area contributed by atoms with Crippen LogP contribution in [-0.2, 0) is 0 Å². The molecule has 1 N–H and O–H groups in total. The second-order valence-corrected chi connectivity index (χ2v) is 4.75. The van der Waals surface area contributed by atoms with E-state index >= 15 is 0 Å². The maximum atomic E-state index is 6.02. The van der Waals surface area contributed by atoms with E-state index in [2.05, 4.69) is 27.1 Å². The molecule has 1 fully saturated rings. The zero-order chi connectivity index (χ0) is 13.0. The summed E-state index contributed by atoms with van der Waals surface area (Å²) in [7, 11) is 1.54. The molecule has 1 aliphatic carbocycles. The van der Waals surface area contributed by atoms with Gasteiger partial charge in [0.25, 0.3) is 0 Å². The van der Waals surface area contributed by atoms with Gasteiger partial charge in [0.2, 0.25) is 0 Å². The molecule has 1 saturated carbocycles. The van der Waals surface area contributed by atoms with E-state index in [9.17, 15) is 0 Å². The lowest BCUT2D eigenvalue weighted by Crippen LogP contribution is -2.31. The van der Waals surface area contributed by atoms with Crippen molar-refractivity contribution in [2.24, 2.45) is 0 Å². The minimum absolute atomic E-state index is 0.330. The van der Waals surface area contributed by atoms with Crippen LogP contribution in [0.3, 0.4) is 0 Å². The highest BCUT2D eigenvalue weighted by molar-refractivity contribution is 6.32. The second-order valence-electron chi connectivity index (χ2n) is 4.34. The molecule has 0 bridgehead atoms. The molecule has 1 heterocycles. The monoisotopic (exact) mass is 270 g/mol. The van der Waals surface area contributed by atoms with Crippen molar-refractivity contribution >= 4 is 17.4 Å². The zero-order valence-electron chi connectivity index (χ0n) is 10.8. The van der Waals surface area contributed by atoms with Crippen molar-refractivity contribution in [3.63, 3.8) is 0 Å². The van der Waals surface area contributed by atoms with Crippen molar-refractivity contribution in [2.45, 2.75) is 25.8 Å². The number of methoxy groups -OCH3 is 1. The molecule has 5 nitrogen and oxygen atoms in total. The number of aromatic nitrogens is 2. The first-order valence-corrected chi connectivity index (χ1v) is 6.66. The standard InChI is InChI=1S/C12H19ClN4O/c1-3-17(9-4-5-9)7-6-14-11-10(13)8-15-12(16-11)18-2/h8-9H,3-7H2,1-2H3,(H,14,15,16). The van der Waals surface area contributed by atoms with E-state index in [0.29, 0.717) is 16.9 Å². The van der Waals surface area contributed by atoms with Gasteiger partial charge in [-0.15, -0.1) is 0 Å². The summed E-state index contributed by atoms with van der Waals surface area (Å²) in [4.78, 5) is 10.6. The molecule has 0 atom stereocenters. The lowest BCUT2D eigenvalue weighted by Gasteiger charge is -2.20. The zero-order valence-corrected chi connectivity index (χ0v) is 11.6. The fourth-order valence-electron chi connectivity index (χ4n) is 1.93. The predicted octanol–water partition coefficient (Wildman–Crippen LogP) is 2.03. The van der Waals surface area contributed by atoms with Gasteiger partial charge in [-0.1, -0.05) is 18.5 Å². The number of hydrogen-bond donors (Lipinski definition) is 1. The summed E-state index contributed by atoms with van der Waals surface area (Å²) >= 11 is 6.02. The van der Waals surface area contributed by atoms with Crippen molar-refractivity contribution in [1.82, 2.24) is 14.9 Å². The Morgan fingerprint density at radius 1 is 1.56 bits per heavy atom. The Bertz CT molecular complexity index is 398. The molecule has 2 rings (SSSR count). The van der Waals surface area contributed by atoms with Crippen LogP contribution in [0, 0.1) is 0 Å². The van der Waals surface area contributed by atoms with E-state index < -0.39 is 0 Å². The number of hydrogen-bond acceptors (Lipinski definition) is 5. The van der Waals surface area contributed by atoms with Crippen LogP contribution >= 0.6 is 11.6 Å². The fraction of sp³-hybridized carbons (Fsp3) is 0.667. The van der Waals surface area contributed by atoms with Crippen molar-refractivity contribution in [3.8, 4) is 6.01 Å². The number of likely N-dealkylation sites (N-methyl/N-ethyl adjacent to an activating group) is 1. The van der Waals surface area contributed by atoms with Crippen LogP contribution in [0.5, 0.6) is 6.01 Å². The van der Waals surface area contributed by atoms with E-state index in [1.807, 2.05) is 0 Å². The van der Waals surface area contributed by atoms with E-state index in [0.717, 1.165) is 25.7 Å². The lowest BCUT2D eigenvalue weighted by atomic mass is 10.4. The average Bonchev–Trinajstić information content (AvgIpc) is 3.21. The molecule has 18 heavy (non-hydrogen) atoms. The predicted molar refractivity (Wildman–Crippen MR) is 72.4 cm³/mol. The van der Waals surface area contributed by atoms with Crippen LogP contribution in [0.25, 0.3) is 0 Å². The summed E-state index contributed by atoms with van der Waals surface area (Å²) in [5.41, 5.74) is 0. The molecular weight excluding hydrogens is 252 g/mol.